The molecule has 5 rings (SSSR count). The average Bonchev–Trinajstić information content (AvgIpc) is 2.68. The molecule has 4 fully saturated rings. The highest BCUT2D eigenvalue weighted by atomic mass is 15.3. The van der Waals surface area contributed by atoms with Crippen molar-refractivity contribution in [2.24, 2.45) is 29.6 Å². The van der Waals surface area contributed by atoms with Gasteiger partial charge < -0.3 is 5.73 Å². The van der Waals surface area contributed by atoms with Gasteiger partial charge in [-0.25, -0.2) is 0 Å². The standard InChI is InChI=1S/C13H20N4/c14-13-15-12(16-17-13)6-11-9-2-7-1-8(4-9)5-10(11)3-7/h7-11H,1-6H2,(H3,14,15,16,17). The van der Waals surface area contributed by atoms with Crippen molar-refractivity contribution in [1.82, 2.24) is 15.2 Å². The van der Waals surface area contributed by atoms with Crippen molar-refractivity contribution in [2.75, 3.05) is 5.73 Å². The summed E-state index contributed by atoms with van der Waals surface area (Å²) in [6, 6.07) is 0. The summed E-state index contributed by atoms with van der Waals surface area (Å²) in [5, 5.41) is 6.92. The normalized spacial score (nSPS) is 43.2. The first-order valence-electron chi connectivity index (χ1n) is 6.94. The van der Waals surface area contributed by atoms with Crippen molar-refractivity contribution >= 4 is 5.95 Å². The fraction of sp³-hybridized carbons (Fsp3) is 0.846. The lowest BCUT2D eigenvalue weighted by Crippen LogP contribution is -2.45. The zero-order valence-electron chi connectivity index (χ0n) is 10.1. The zero-order valence-corrected chi connectivity index (χ0v) is 10.1. The van der Waals surface area contributed by atoms with Crippen molar-refractivity contribution in [3.05, 3.63) is 5.82 Å². The molecule has 0 saturated heterocycles. The maximum Gasteiger partial charge on any atom is 0.239 e. The van der Waals surface area contributed by atoms with Crippen LogP contribution in [0.15, 0.2) is 0 Å². The average molecular weight is 232 g/mol. The van der Waals surface area contributed by atoms with Crippen LogP contribution < -0.4 is 5.73 Å². The molecule has 0 spiro atoms. The third-order valence-corrected chi connectivity index (χ3v) is 5.40. The van der Waals surface area contributed by atoms with E-state index in [-0.39, 0.29) is 0 Å². The van der Waals surface area contributed by atoms with E-state index in [2.05, 4.69) is 15.2 Å². The highest BCUT2D eigenvalue weighted by molar-refractivity contribution is 5.13. The molecule has 17 heavy (non-hydrogen) atoms. The van der Waals surface area contributed by atoms with Gasteiger partial charge in [0.15, 0.2) is 0 Å². The second-order valence-electron chi connectivity index (χ2n) is 6.44. The lowest BCUT2D eigenvalue weighted by molar-refractivity contribution is -0.0367. The first kappa shape index (κ1) is 9.92. The van der Waals surface area contributed by atoms with E-state index in [0.29, 0.717) is 5.95 Å². The van der Waals surface area contributed by atoms with Crippen molar-refractivity contribution in [2.45, 2.75) is 38.5 Å². The number of aromatic nitrogens is 3. The number of nitrogens with one attached hydrogen (secondary N) is 1. The number of nitrogen functional groups attached to an aromatic ring is 1. The van der Waals surface area contributed by atoms with Crippen molar-refractivity contribution in [3.8, 4) is 0 Å². The largest absolute Gasteiger partial charge is 0.367 e. The number of H-pyrrole nitrogens is 1. The molecule has 4 bridgehead atoms. The van der Waals surface area contributed by atoms with Crippen molar-refractivity contribution in [1.29, 1.82) is 0 Å². The van der Waals surface area contributed by atoms with Crippen LogP contribution in [0.1, 0.15) is 37.9 Å². The van der Waals surface area contributed by atoms with Gasteiger partial charge in [-0.15, -0.1) is 5.10 Å². The molecule has 1 heterocycles. The van der Waals surface area contributed by atoms with Gasteiger partial charge in [0.2, 0.25) is 5.95 Å². The first-order chi connectivity index (χ1) is 8.28. The smallest absolute Gasteiger partial charge is 0.239 e. The van der Waals surface area contributed by atoms with E-state index in [4.69, 9.17) is 5.73 Å². The van der Waals surface area contributed by atoms with Crippen molar-refractivity contribution < 1.29 is 0 Å². The third-order valence-electron chi connectivity index (χ3n) is 5.40. The van der Waals surface area contributed by atoms with Crippen LogP contribution in [0.4, 0.5) is 5.95 Å². The Balaban J connectivity index is 1.54. The number of hydrogen-bond donors (Lipinski definition) is 2. The second-order valence-corrected chi connectivity index (χ2v) is 6.44. The van der Waals surface area contributed by atoms with Crippen LogP contribution in [-0.2, 0) is 6.42 Å². The fourth-order valence-electron chi connectivity index (χ4n) is 5.00. The van der Waals surface area contributed by atoms with E-state index in [9.17, 15) is 0 Å². The Kier molecular flexibility index (Phi) is 2.02. The van der Waals surface area contributed by atoms with Crippen LogP contribution in [0, 0.1) is 29.6 Å². The lowest BCUT2D eigenvalue weighted by atomic mass is 9.51. The Morgan fingerprint density at radius 1 is 1.06 bits per heavy atom. The van der Waals surface area contributed by atoms with Gasteiger partial charge in [-0.05, 0) is 61.7 Å². The molecule has 4 heteroatoms. The van der Waals surface area contributed by atoms with Gasteiger partial charge in [-0.3, -0.25) is 5.10 Å². The summed E-state index contributed by atoms with van der Waals surface area (Å²) >= 11 is 0. The molecule has 1 aromatic rings. The number of rotatable bonds is 2. The molecule has 0 radical (unpaired) electrons. The third kappa shape index (κ3) is 1.57. The van der Waals surface area contributed by atoms with Crippen LogP contribution in [0.25, 0.3) is 0 Å². The number of aromatic amines is 1. The Labute approximate surface area is 101 Å². The van der Waals surface area contributed by atoms with Crippen LogP contribution in [0.2, 0.25) is 0 Å². The van der Waals surface area contributed by atoms with Gasteiger partial charge in [0.25, 0.3) is 0 Å². The molecule has 0 amide bonds. The quantitative estimate of drug-likeness (QED) is 0.819. The number of nitrogens with two attached hydrogens (primary N) is 1. The van der Waals surface area contributed by atoms with Crippen LogP contribution in [-0.4, -0.2) is 15.2 Å². The topological polar surface area (TPSA) is 67.6 Å². The zero-order chi connectivity index (χ0) is 11.4. The molecule has 4 aliphatic carbocycles. The number of nitrogens with zero attached hydrogens (tertiary/aromatic N) is 2. The molecule has 4 nitrogen and oxygen atoms in total. The summed E-state index contributed by atoms with van der Waals surface area (Å²) < 4.78 is 0. The van der Waals surface area contributed by atoms with Crippen LogP contribution >= 0.6 is 0 Å². The number of hydrogen-bond acceptors (Lipinski definition) is 3. The Bertz CT molecular complexity index is 397. The number of anilines is 1. The van der Waals surface area contributed by atoms with Gasteiger partial charge in [0.05, 0.1) is 0 Å². The lowest BCUT2D eigenvalue weighted by Gasteiger charge is -2.54. The molecule has 0 unspecified atom stereocenters. The molecule has 0 aliphatic heterocycles. The molecule has 0 aromatic carbocycles. The Morgan fingerprint density at radius 3 is 2.24 bits per heavy atom. The minimum Gasteiger partial charge on any atom is -0.367 e. The summed E-state index contributed by atoms with van der Waals surface area (Å²) in [7, 11) is 0. The van der Waals surface area contributed by atoms with E-state index in [1.807, 2.05) is 0 Å². The van der Waals surface area contributed by atoms with E-state index >= 15 is 0 Å². The Hall–Kier alpha value is -1.06. The second kappa shape index (κ2) is 3.47. The summed E-state index contributed by atoms with van der Waals surface area (Å²) in [6.45, 7) is 0. The minimum atomic E-state index is 0.392. The monoisotopic (exact) mass is 232 g/mol. The molecule has 3 N–H and O–H groups in total. The van der Waals surface area contributed by atoms with Gasteiger partial charge in [0.1, 0.15) is 5.82 Å². The van der Waals surface area contributed by atoms with E-state index in [1.165, 1.54) is 32.1 Å². The predicted octanol–water partition coefficient (Wildman–Crippen LogP) is 2.00. The van der Waals surface area contributed by atoms with E-state index in [0.717, 1.165) is 41.8 Å². The summed E-state index contributed by atoms with van der Waals surface area (Å²) in [4.78, 5) is 4.27. The highest BCUT2D eigenvalue weighted by Gasteiger charge is 2.48. The summed E-state index contributed by atoms with van der Waals surface area (Å²) in [5.41, 5.74) is 5.58. The highest BCUT2D eigenvalue weighted by Crippen LogP contribution is 2.57. The first-order valence-corrected chi connectivity index (χ1v) is 6.94. The molecule has 92 valence electrons. The summed E-state index contributed by atoms with van der Waals surface area (Å²) in [5.74, 6) is 6.25. The van der Waals surface area contributed by atoms with Gasteiger partial charge in [-0.1, -0.05) is 0 Å². The summed E-state index contributed by atoms with van der Waals surface area (Å²) in [6.07, 6.45) is 8.49. The van der Waals surface area contributed by atoms with Crippen LogP contribution in [0.3, 0.4) is 0 Å². The van der Waals surface area contributed by atoms with Gasteiger partial charge in [0, 0.05) is 6.42 Å². The molecule has 1 aromatic heterocycles. The van der Waals surface area contributed by atoms with Crippen molar-refractivity contribution in [3.63, 3.8) is 0 Å². The molecular formula is C13H20N4. The van der Waals surface area contributed by atoms with E-state index < -0.39 is 0 Å². The van der Waals surface area contributed by atoms with Crippen LogP contribution in [0.5, 0.6) is 0 Å². The maximum absolute atomic E-state index is 5.58. The minimum absolute atomic E-state index is 0.392. The van der Waals surface area contributed by atoms with Gasteiger partial charge in [-0.2, -0.15) is 4.98 Å². The fourth-order valence-corrected chi connectivity index (χ4v) is 5.00. The molecule has 0 atom stereocenters. The molecular weight excluding hydrogens is 212 g/mol. The SMILES string of the molecule is Nc1n[nH]c(CC2C3CC4CC(C3)CC2C4)n1. The van der Waals surface area contributed by atoms with Gasteiger partial charge >= 0.3 is 0 Å². The molecule has 4 saturated carbocycles. The maximum atomic E-state index is 5.58. The Morgan fingerprint density at radius 2 is 1.71 bits per heavy atom. The van der Waals surface area contributed by atoms with E-state index in [1.54, 1.807) is 0 Å². The molecule has 4 aliphatic rings. The predicted molar refractivity (Wildman–Crippen MR) is 65.0 cm³/mol.